The van der Waals surface area contributed by atoms with Crippen molar-refractivity contribution in [2.75, 3.05) is 11.9 Å². The van der Waals surface area contributed by atoms with Crippen LogP contribution in [-0.2, 0) is 9.53 Å². The molecule has 162 valence electrons. The Labute approximate surface area is 180 Å². The van der Waals surface area contributed by atoms with E-state index in [2.05, 4.69) is 5.32 Å². The molecule has 0 radical (unpaired) electrons. The Kier molecular flexibility index (Phi) is 7.07. The van der Waals surface area contributed by atoms with Gasteiger partial charge in [0, 0.05) is 23.2 Å². The standard InChI is InChI=1S/C24H25NO6/c1-4-5-11-29-24(28)17-7-6-8-18(13-17)25-23(27)16(3)30-19-9-10-20-15(2)12-22(26)31-21(20)14-19/h6-10,12-14,16H,4-5,11H2,1-3H3,(H,25,27). The largest absolute Gasteiger partial charge is 0.481 e. The highest BCUT2D eigenvalue weighted by Gasteiger charge is 2.17. The van der Waals surface area contributed by atoms with Crippen LogP contribution in [0, 0.1) is 6.92 Å². The summed E-state index contributed by atoms with van der Waals surface area (Å²) in [5, 5.41) is 3.53. The highest BCUT2D eigenvalue weighted by molar-refractivity contribution is 5.96. The lowest BCUT2D eigenvalue weighted by Crippen LogP contribution is -2.30. The molecule has 1 unspecified atom stereocenters. The first-order valence-electron chi connectivity index (χ1n) is 10.2. The Morgan fingerprint density at radius 2 is 1.94 bits per heavy atom. The van der Waals surface area contributed by atoms with Crippen LogP contribution in [0.1, 0.15) is 42.6 Å². The first-order chi connectivity index (χ1) is 14.9. The van der Waals surface area contributed by atoms with E-state index in [0.717, 1.165) is 23.8 Å². The minimum atomic E-state index is -0.825. The molecule has 31 heavy (non-hydrogen) atoms. The van der Waals surface area contributed by atoms with Crippen molar-refractivity contribution in [2.45, 2.75) is 39.7 Å². The maximum Gasteiger partial charge on any atom is 0.338 e. The molecule has 1 heterocycles. The molecule has 3 aromatic rings. The second-order valence-electron chi connectivity index (χ2n) is 7.23. The first-order valence-corrected chi connectivity index (χ1v) is 10.2. The Morgan fingerprint density at radius 1 is 1.13 bits per heavy atom. The number of amides is 1. The topological polar surface area (TPSA) is 94.8 Å². The molecule has 1 N–H and O–H groups in total. The van der Waals surface area contributed by atoms with Crippen LogP contribution in [0.5, 0.6) is 5.75 Å². The van der Waals surface area contributed by atoms with Crippen molar-refractivity contribution >= 4 is 28.5 Å². The van der Waals surface area contributed by atoms with Gasteiger partial charge in [-0.1, -0.05) is 19.4 Å². The average Bonchev–Trinajstić information content (AvgIpc) is 2.73. The third kappa shape index (κ3) is 5.72. The van der Waals surface area contributed by atoms with Crippen LogP contribution < -0.4 is 15.7 Å². The number of fused-ring (bicyclic) bond motifs is 1. The number of rotatable bonds is 8. The van der Waals surface area contributed by atoms with Crippen LogP contribution in [0.2, 0.25) is 0 Å². The van der Waals surface area contributed by atoms with E-state index in [-0.39, 0.29) is 5.91 Å². The monoisotopic (exact) mass is 423 g/mol. The van der Waals surface area contributed by atoms with Crippen molar-refractivity contribution < 1.29 is 23.5 Å². The molecule has 7 nitrogen and oxygen atoms in total. The van der Waals surface area contributed by atoms with Crippen molar-refractivity contribution in [1.29, 1.82) is 0 Å². The Bertz CT molecular complexity index is 1150. The van der Waals surface area contributed by atoms with Gasteiger partial charge < -0.3 is 19.2 Å². The zero-order chi connectivity index (χ0) is 22.4. The fourth-order valence-corrected chi connectivity index (χ4v) is 3.00. The van der Waals surface area contributed by atoms with Gasteiger partial charge >= 0.3 is 11.6 Å². The number of anilines is 1. The van der Waals surface area contributed by atoms with Crippen molar-refractivity contribution in [3.63, 3.8) is 0 Å². The molecule has 0 aliphatic carbocycles. The second kappa shape index (κ2) is 9.93. The summed E-state index contributed by atoms with van der Waals surface area (Å²) in [6.45, 7) is 5.81. The summed E-state index contributed by atoms with van der Waals surface area (Å²) in [5.41, 5.74) is 1.58. The van der Waals surface area contributed by atoms with Crippen molar-refractivity contribution in [3.8, 4) is 5.75 Å². The predicted octanol–water partition coefficient (Wildman–Crippen LogP) is 4.46. The van der Waals surface area contributed by atoms with E-state index in [4.69, 9.17) is 13.9 Å². The van der Waals surface area contributed by atoms with Gasteiger partial charge in [0.2, 0.25) is 0 Å². The van der Waals surface area contributed by atoms with Gasteiger partial charge in [-0.15, -0.1) is 0 Å². The fraction of sp³-hybridized carbons (Fsp3) is 0.292. The molecular formula is C24H25NO6. The number of ether oxygens (including phenoxy) is 2. The molecule has 3 rings (SSSR count). The molecular weight excluding hydrogens is 398 g/mol. The third-order valence-electron chi connectivity index (χ3n) is 4.70. The molecule has 0 spiro atoms. The molecule has 0 saturated heterocycles. The van der Waals surface area contributed by atoms with E-state index in [0.29, 0.717) is 29.2 Å². The average molecular weight is 423 g/mol. The van der Waals surface area contributed by atoms with E-state index < -0.39 is 17.7 Å². The molecule has 0 bridgehead atoms. The lowest BCUT2D eigenvalue weighted by molar-refractivity contribution is -0.122. The van der Waals surface area contributed by atoms with Crippen molar-refractivity contribution in [2.24, 2.45) is 0 Å². The normalized spacial score (nSPS) is 11.7. The number of carbonyl (C=O) groups is 2. The number of hydrogen-bond donors (Lipinski definition) is 1. The number of carbonyl (C=O) groups excluding carboxylic acids is 2. The summed E-state index contributed by atoms with van der Waals surface area (Å²) in [7, 11) is 0. The van der Waals surface area contributed by atoms with Gasteiger partial charge in [-0.25, -0.2) is 9.59 Å². The van der Waals surface area contributed by atoms with Crippen LogP contribution in [0.15, 0.2) is 57.7 Å². The minimum absolute atomic E-state index is 0.363. The van der Waals surface area contributed by atoms with E-state index in [1.54, 1.807) is 49.4 Å². The quantitative estimate of drug-likeness (QED) is 0.326. The number of nitrogens with one attached hydrogen (secondary N) is 1. The molecule has 2 aromatic carbocycles. The third-order valence-corrected chi connectivity index (χ3v) is 4.70. The molecule has 0 aliphatic rings. The number of hydrogen-bond acceptors (Lipinski definition) is 6. The molecule has 0 fully saturated rings. The van der Waals surface area contributed by atoms with Crippen LogP contribution in [-0.4, -0.2) is 24.6 Å². The SMILES string of the molecule is CCCCOC(=O)c1cccc(NC(=O)C(C)Oc2ccc3c(C)cc(=O)oc3c2)c1. The van der Waals surface area contributed by atoms with E-state index >= 15 is 0 Å². The Morgan fingerprint density at radius 3 is 2.71 bits per heavy atom. The summed E-state index contributed by atoms with van der Waals surface area (Å²) in [4.78, 5) is 36.2. The highest BCUT2D eigenvalue weighted by Crippen LogP contribution is 2.23. The second-order valence-corrected chi connectivity index (χ2v) is 7.23. The maximum atomic E-state index is 12.6. The van der Waals surface area contributed by atoms with E-state index in [1.807, 2.05) is 13.8 Å². The van der Waals surface area contributed by atoms with E-state index in [1.165, 1.54) is 6.07 Å². The van der Waals surface area contributed by atoms with Gasteiger partial charge in [0.15, 0.2) is 6.10 Å². The van der Waals surface area contributed by atoms with Gasteiger partial charge in [-0.05, 0) is 56.2 Å². The maximum absolute atomic E-state index is 12.6. The lowest BCUT2D eigenvalue weighted by Gasteiger charge is -2.15. The lowest BCUT2D eigenvalue weighted by atomic mass is 10.1. The van der Waals surface area contributed by atoms with Gasteiger partial charge in [0.05, 0.1) is 12.2 Å². The summed E-state index contributed by atoms with van der Waals surface area (Å²) in [5.74, 6) is -0.416. The summed E-state index contributed by atoms with van der Waals surface area (Å²) >= 11 is 0. The Balaban J connectivity index is 1.66. The fourth-order valence-electron chi connectivity index (χ4n) is 3.00. The molecule has 1 aromatic heterocycles. The molecule has 0 saturated carbocycles. The number of esters is 1. The molecule has 0 aliphatic heterocycles. The van der Waals surface area contributed by atoms with Crippen LogP contribution in [0.4, 0.5) is 5.69 Å². The minimum Gasteiger partial charge on any atom is -0.481 e. The van der Waals surface area contributed by atoms with Crippen LogP contribution in [0.25, 0.3) is 11.0 Å². The van der Waals surface area contributed by atoms with Gasteiger partial charge in [-0.3, -0.25) is 4.79 Å². The highest BCUT2D eigenvalue weighted by atomic mass is 16.5. The summed E-state index contributed by atoms with van der Waals surface area (Å²) < 4.78 is 16.1. The zero-order valence-corrected chi connectivity index (χ0v) is 17.8. The smallest absolute Gasteiger partial charge is 0.338 e. The Hall–Kier alpha value is -3.61. The zero-order valence-electron chi connectivity index (χ0n) is 17.8. The molecule has 1 amide bonds. The van der Waals surface area contributed by atoms with Gasteiger partial charge in [-0.2, -0.15) is 0 Å². The van der Waals surface area contributed by atoms with Gasteiger partial charge in [0.1, 0.15) is 11.3 Å². The first kappa shape index (κ1) is 22.1. The summed E-state index contributed by atoms with van der Waals surface area (Å²) in [6, 6.07) is 13.0. The van der Waals surface area contributed by atoms with Crippen LogP contribution in [0.3, 0.4) is 0 Å². The predicted molar refractivity (Wildman–Crippen MR) is 118 cm³/mol. The number of aryl methyl sites for hydroxylation is 1. The number of benzene rings is 2. The molecule has 1 atom stereocenters. The van der Waals surface area contributed by atoms with Crippen LogP contribution >= 0.6 is 0 Å². The molecule has 7 heteroatoms. The van der Waals surface area contributed by atoms with E-state index in [9.17, 15) is 14.4 Å². The summed E-state index contributed by atoms with van der Waals surface area (Å²) in [6.07, 6.45) is 0.910. The van der Waals surface area contributed by atoms with Gasteiger partial charge in [0.25, 0.3) is 5.91 Å². The number of unbranched alkanes of at least 4 members (excludes halogenated alkanes) is 1. The van der Waals surface area contributed by atoms with Crippen molar-refractivity contribution in [3.05, 3.63) is 70.1 Å². The van der Waals surface area contributed by atoms with Crippen molar-refractivity contribution in [1.82, 2.24) is 0 Å².